The molecule has 0 fully saturated rings. The summed E-state index contributed by atoms with van der Waals surface area (Å²) in [6.07, 6.45) is 1.23. The SMILES string of the molecule is COc1ccc(C(=O)N/N=C\c2ccc(-c3ccc(OC)cc3[N+](=O)[O-])o2)c(O)c1. The second kappa shape index (κ2) is 8.78. The molecule has 10 heteroatoms. The Morgan fingerprint density at radius 3 is 2.50 bits per heavy atom. The molecule has 1 aromatic heterocycles. The molecule has 154 valence electrons. The van der Waals surface area contributed by atoms with Crippen molar-refractivity contribution < 1.29 is 28.7 Å². The highest BCUT2D eigenvalue weighted by molar-refractivity contribution is 5.97. The van der Waals surface area contributed by atoms with Gasteiger partial charge in [0.2, 0.25) is 0 Å². The Balaban J connectivity index is 1.74. The van der Waals surface area contributed by atoms with E-state index in [-0.39, 0.29) is 34.1 Å². The van der Waals surface area contributed by atoms with Crippen molar-refractivity contribution in [2.75, 3.05) is 14.2 Å². The Kier molecular flexibility index (Phi) is 5.97. The van der Waals surface area contributed by atoms with Crippen molar-refractivity contribution in [3.05, 3.63) is 70.0 Å². The maximum Gasteiger partial charge on any atom is 0.284 e. The maximum atomic E-state index is 12.1. The molecule has 30 heavy (non-hydrogen) atoms. The molecule has 0 aliphatic carbocycles. The lowest BCUT2D eigenvalue weighted by Gasteiger charge is -2.05. The standard InChI is InChI=1S/C20H17N3O7/c1-28-12-3-6-15(17(9-12)23(26)27)19-8-5-14(30-19)11-21-22-20(25)16-7-4-13(29-2)10-18(16)24/h3-11,24H,1-2H3,(H,22,25)/b21-11-. The highest BCUT2D eigenvalue weighted by Gasteiger charge is 2.19. The van der Waals surface area contributed by atoms with Gasteiger partial charge in [-0.05, 0) is 36.4 Å². The molecular weight excluding hydrogens is 394 g/mol. The monoisotopic (exact) mass is 411 g/mol. The number of phenols is 1. The summed E-state index contributed by atoms with van der Waals surface area (Å²) >= 11 is 0. The highest BCUT2D eigenvalue weighted by Crippen LogP contribution is 2.33. The number of hydrazone groups is 1. The van der Waals surface area contributed by atoms with E-state index in [2.05, 4.69) is 10.5 Å². The van der Waals surface area contributed by atoms with Crippen LogP contribution in [0.4, 0.5) is 5.69 Å². The van der Waals surface area contributed by atoms with Gasteiger partial charge in [-0.3, -0.25) is 14.9 Å². The van der Waals surface area contributed by atoms with Crippen LogP contribution < -0.4 is 14.9 Å². The van der Waals surface area contributed by atoms with Crippen LogP contribution in [0.2, 0.25) is 0 Å². The van der Waals surface area contributed by atoms with E-state index in [0.717, 1.165) is 0 Å². The molecule has 3 aromatic rings. The van der Waals surface area contributed by atoms with Gasteiger partial charge in [-0.1, -0.05) is 0 Å². The zero-order valence-corrected chi connectivity index (χ0v) is 16.0. The number of carbonyl (C=O) groups is 1. The molecule has 2 N–H and O–H groups in total. The van der Waals surface area contributed by atoms with E-state index in [4.69, 9.17) is 13.9 Å². The van der Waals surface area contributed by atoms with Crippen LogP contribution >= 0.6 is 0 Å². The summed E-state index contributed by atoms with van der Waals surface area (Å²) in [5.41, 5.74) is 2.38. The normalized spacial score (nSPS) is 10.7. The van der Waals surface area contributed by atoms with Crippen LogP contribution in [0, 0.1) is 10.1 Å². The van der Waals surface area contributed by atoms with Gasteiger partial charge >= 0.3 is 0 Å². The van der Waals surface area contributed by atoms with E-state index in [1.54, 1.807) is 18.2 Å². The van der Waals surface area contributed by atoms with Gasteiger partial charge in [0.05, 0.1) is 42.6 Å². The Morgan fingerprint density at radius 2 is 1.83 bits per heavy atom. The Morgan fingerprint density at radius 1 is 1.13 bits per heavy atom. The van der Waals surface area contributed by atoms with Gasteiger partial charge in [-0.15, -0.1) is 0 Å². The summed E-state index contributed by atoms with van der Waals surface area (Å²) in [5, 5.41) is 25.0. The molecule has 0 spiro atoms. The molecule has 0 aliphatic heterocycles. The molecule has 0 aliphatic rings. The largest absolute Gasteiger partial charge is 0.507 e. The number of hydrogen-bond acceptors (Lipinski definition) is 8. The van der Waals surface area contributed by atoms with Crippen LogP contribution in [-0.2, 0) is 0 Å². The molecule has 0 atom stereocenters. The van der Waals surface area contributed by atoms with Gasteiger partial charge in [0.15, 0.2) is 0 Å². The van der Waals surface area contributed by atoms with Crippen LogP contribution in [0.3, 0.4) is 0 Å². The van der Waals surface area contributed by atoms with E-state index in [1.165, 1.54) is 50.8 Å². The molecule has 1 heterocycles. The molecule has 0 unspecified atom stereocenters. The fourth-order valence-electron chi connectivity index (χ4n) is 2.61. The average Bonchev–Trinajstić information content (AvgIpc) is 3.21. The highest BCUT2D eigenvalue weighted by atomic mass is 16.6. The number of nitrogens with one attached hydrogen (secondary N) is 1. The molecule has 0 saturated heterocycles. The first kappa shape index (κ1) is 20.4. The second-order valence-corrected chi connectivity index (χ2v) is 5.92. The van der Waals surface area contributed by atoms with Crippen LogP contribution in [-0.4, -0.2) is 36.4 Å². The summed E-state index contributed by atoms with van der Waals surface area (Å²) in [5.74, 6) is 0.379. The third-order valence-corrected chi connectivity index (χ3v) is 4.10. The van der Waals surface area contributed by atoms with Gasteiger partial charge in [0, 0.05) is 6.07 Å². The average molecular weight is 411 g/mol. The number of nitro groups is 1. The first-order valence-electron chi connectivity index (χ1n) is 8.56. The lowest BCUT2D eigenvalue weighted by atomic mass is 10.1. The number of furan rings is 1. The fraction of sp³-hybridized carbons (Fsp3) is 0.100. The quantitative estimate of drug-likeness (QED) is 0.346. The van der Waals surface area contributed by atoms with E-state index in [0.29, 0.717) is 11.5 Å². The number of amides is 1. The minimum Gasteiger partial charge on any atom is -0.507 e. The number of nitrogens with zero attached hydrogens (tertiary/aromatic N) is 2. The first-order chi connectivity index (χ1) is 14.4. The number of benzene rings is 2. The Labute approximate surface area is 170 Å². The topological polar surface area (TPSA) is 136 Å². The van der Waals surface area contributed by atoms with E-state index in [1.807, 2.05) is 0 Å². The molecule has 1 amide bonds. The second-order valence-electron chi connectivity index (χ2n) is 5.92. The maximum absolute atomic E-state index is 12.1. The molecule has 3 rings (SSSR count). The number of phenolic OH excluding ortho intramolecular Hbond substituents is 1. The minimum atomic E-state index is -0.635. The zero-order valence-electron chi connectivity index (χ0n) is 16.0. The number of aromatic hydroxyl groups is 1. The Hall–Kier alpha value is -4.34. The lowest BCUT2D eigenvalue weighted by molar-refractivity contribution is -0.384. The molecule has 0 saturated carbocycles. The van der Waals surface area contributed by atoms with Crippen LogP contribution in [0.15, 0.2) is 58.0 Å². The van der Waals surface area contributed by atoms with Gasteiger partial charge < -0.3 is 19.0 Å². The molecule has 10 nitrogen and oxygen atoms in total. The van der Waals surface area contributed by atoms with Crippen molar-refractivity contribution in [3.8, 4) is 28.6 Å². The predicted octanol–water partition coefficient (Wildman–Crippen LogP) is 3.34. The number of rotatable bonds is 7. The smallest absolute Gasteiger partial charge is 0.284 e. The molecule has 2 aromatic carbocycles. The van der Waals surface area contributed by atoms with Crippen LogP contribution in [0.5, 0.6) is 17.2 Å². The lowest BCUT2D eigenvalue weighted by Crippen LogP contribution is -2.17. The van der Waals surface area contributed by atoms with Crippen LogP contribution in [0.25, 0.3) is 11.3 Å². The van der Waals surface area contributed by atoms with Gasteiger partial charge in [-0.2, -0.15) is 5.10 Å². The Bertz CT molecular complexity index is 1120. The summed E-state index contributed by atoms with van der Waals surface area (Å²) in [6.45, 7) is 0. The van der Waals surface area contributed by atoms with Crippen molar-refractivity contribution >= 4 is 17.8 Å². The number of hydrogen-bond donors (Lipinski definition) is 2. The van der Waals surface area contributed by atoms with Gasteiger partial charge in [0.1, 0.15) is 28.8 Å². The zero-order chi connectivity index (χ0) is 21.7. The van der Waals surface area contributed by atoms with Crippen molar-refractivity contribution in [2.24, 2.45) is 5.10 Å². The van der Waals surface area contributed by atoms with Crippen LogP contribution in [0.1, 0.15) is 16.1 Å². The molecule has 0 radical (unpaired) electrons. The third-order valence-electron chi connectivity index (χ3n) is 4.10. The van der Waals surface area contributed by atoms with Gasteiger partial charge in [-0.25, -0.2) is 5.43 Å². The number of ether oxygens (including phenoxy) is 2. The van der Waals surface area contributed by atoms with Crippen molar-refractivity contribution in [1.29, 1.82) is 0 Å². The summed E-state index contributed by atoms with van der Waals surface area (Å²) < 4.78 is 15.5. The number of methoxy groups -OCH3 is 2. The third kappa shape index (κ3) is 4.38. The van der Waals surface area contributed by atoms with Crippen molar-refractivity contribution in [3.63, 3.8) is 0 Å². The van der Waals surface area contributed by atoms with Crippen molar-refractivity contribution in [2.45, 2.75) is 0 Å². The number of carbonyl (C=O) groups excluding carboxylic acids is 1. The van der Waals surface area contributed by atoms with Gasteiger partial charge in [0.25, 0.3) is 11.6 Å². The first-order valence-corrected chi connectivity index (χ1v) is 8.56. The fourth-order valence-corrected chi connectivity index (χ4v) is 2.61. The summed E-state index contributed by atoms with van der Waals surface area (Å²) in [7, 11) is 2.86. The van der Waals surface area contributed by atoms with E-state index in [9.17, 15) is 20.0 Å². The summed E-state index contributed by atoms with van der Waals surface area (Å²) in [4.78, 5) is 22.9. The van der Waals surface area contributed by atoms with E-state index < -0.39 is 10.8 Å². The summed E-state index contributed by atoms with van der Waals surface area (Å²) in [6, 6.07) is 11.7. The molecule has 0 bridgehead atoms. The van der Waals surface area contributed by atoms with Crippen molar-refractivity contribution in [1.82, 2.24) is 5.43 Å². The number of nitro benzene ring substituents is 1. The molecular formula is C20H17N3O7. The predicted molar refractivity (Wildman–Crippen MR) is 107 cm³/mol. The minimum absolute atomic E-state index is 0.0157. The van der Waals surface area contributed by atoms with E-state index >= 15 is 0 Å².